The molecule has 0 aromatic heterocycles. The fourth-order valence-corrected chi connectivity index (χ4v) is 4.13. The number of aryl methyl sites for hydroxylation is 1. The number of anilines is 1. The molecule has 5 nitrogen and oxygen atoms in total. The van der Waals surface area contributed by atoms with Crippen molar-refractivity contribution in [3.05, 3.63) is 59.7 Å². The van der Waals surface area contributed by atoms with Crippen LogP contribution >= 0.6 is 0 Å². The minimum atomic E-state index is -4.67. The van der Waals surface area contributed by atoms with Crippen LogP contribution in [0, 0.1) is 6.92 Å². The van der Waals surface area contributed by atoms with E-state index in [1.807, 2.05) is 13.8 Å². The van der Waals surface area contributed by atoms with E-state index >= 15 is 0 Å². The Kier molecular flexibility index (Phi) is 7.29. The molecule has 0 aliphatic heterocycles. The number of rotatable bonds is 8. The van der Waals surface area contributed by atoms with Gasteiger partial charge < -0.3 is 5.32 Å². The van der Waals surface area contributed by atoms with Gasteiger partial charge >= 0.3 is 6.18 Å². The molecule has 29 heavy (non-hydrogen) atoms. The molecule has 158 valence electrons. The van der Waals surface area contributed by atoms with Crippen LogP contribution in [-0.2, 0) is 21.0 Å². The third-order valence-electron chi connectivity index (χ3n) is 4.19. The van der Waals surface area contributed by atoms with Crippen molar-refractivity contribution < 1.29 is 26.4 Å². The number of alkyl halides is 3. The van der Waals surface area contributed by atoms with Gasteiger partial charge in [0, 0.05) is 19.5 Å². The van der Waals surface area contributed by atoms with E-state index in [2.05, 4.69) is 5.32 Å². The van der Waals surface area contributed by atoms with E-state index in [1.165, 1.54) is 0 Å². The Hall–Kier alpha value is -2.55. The van der Waals surface area contributed by atoms with Crippen LogP contribution in [-0.4, -0.2) is 27.4 Å². The first kappa shape index (κ1) is 22.7. The molecule has 0 bridgehead atoms. The van der Waals surface area contributed by atoms with Gasteiger partial charge in [-0.15, -0.1) is 0 Å². The molecule has 2 rings (SSSR count). The van der Waals surface area contributed by atoms with Crippen LogP contribution in [0.25, 0.3) is 0 Å². The lowest BCUT2D eigenvalue weighted by atomic mass is 10.2. The summed E-state index contributed by atoms with van der Waals surface area (Å²) in [5, 5.41) is 2.66. The van der Waals surface area contributed by atoms with Crippen molar-refractivity contribution in [2.75, 3.05) is 17.4 Å². The summed E-state index contributed by atoms with van der Waals surface area (Å²) in [6, 6.07) is 10.1. The molecule has 0 fully saturated rings. The van der Waals surface area contributed by atoms with Crippen LogP contribution in [0.2, 0.25) is 0 Å². The molecule has 1 amide bonds. The third-order valence-corrected chi connectivity index (χ3v) is 6.01. The molecular weight excluding hydrogens is 405 g/mol. The van der Waals surface area contributed by atoms with E-state index in [-0.39, 0.29) is 24.6 Å². The number of halogens is 3. The molecule has 0 atom stereocenters. The smallest absolute Gasteiger partial charge is 0.356 e. The van der Waals surface area contributed by atoms with Gasteiger partial charge in [-0.1, -0.05) is 30.7 Å². The van der Waals surface area contributed by atoms with Crippen molar-refractivity contribution in [3.63, 3.8) is 0 Å². The summed E-state index contributed by atoms with van der Waals surface area (Å²) in [6.45, 7) is 3.98. The van der Waals surface area contributed by atoms with Gasteiger partial charge in [-0.3, -0.25) is 9.10 Å². The van der Waals surface area contributed by atoms with Crippen LogP contribution < -0.4 is 9.62 Å². The molecule has 0 spiro atoms. The van der Waals surface area contributed by atoms with Gasteiger partial charge in [-0.05, 0) is 43.7 Å². The maximum absolute atomic E-state index is 13.2. The summed E-state index contributed by atoms with van der Waals surface area (Å²) in [5.41, 5.74) is 0.116. The van der Waals surface area contributed by atoms with Gasteiger partial charge in [0.15, 0.2) is 0 Å². The lowest BCUT2D eigenvalue weighted by molar-refractivity contribution is -0.137. The average Bonchev–Trinajstić information content (AvgIpc) is 2.67. The summed E-state index contributed by atoms with van der Waals surface area (Å²) in [5.74, 6) is -0.330. The fraction of sp³-hybridized carbons (Fsp3) is 0.350. The number of carbonyl (C=O) groups excluding carboxylic acids is 1. The second-order valence-electron chi connectivity index (χ2n) is 6.54. The molecular formula is C20H23F3N2O3S. The average molecular weight is 428 g/mol. The maximum atomic E-state index is 13.2. The Labute approximate surface area is 168 Å². The van der Waals surface area contributed by atoms with Crippen LogP contribution in [0.1, 0.15) is 30.9 Å². The first-order valence-corrected chi connectivity index (χ1v) is 10.5. The van der Waals surface area contributed by atoms with E-state index in [9.17, 15) is 26.4 Å². The molecule has 0 radical (unpaired) electrons. The number of nitrogens with zero attached hydrogens (tertiary/aromatic N) is 1. The van der Waals surface area contributed by atoms with Crippen molar-refractivity contribution in [2.45, 2.75) is 37.8 Å². The number of carbonyl (C=O) groups is 1. The van der Waals surface area contributed by atoms with Gasteiger partial charge in [-0.25, -0.2) is 8.42 Å². The highest BCUT2D eigenvalue weighted by atomic mass is 32.2. The molecule has 1 N–H and O–H groups in total. The van der Waals surface area contributed by atoms with Gasteiger partial charge in [0.2, 0.25) is 5.91 Å². The van der Waals surface area contributed by atoms with Crippen molar-refractivity contribution in [1.82, 2.24) is 5.32 Å². The number of hydrogen-bond donors (Lipinski definition) is 1. The molecule has 0 heterocycles. The number of hydrogen-bond acceptors (Lipinski definition) is 3. The van der Waals surface area contributed by atoms with Crippen molar-refractivity contribution in [2.24, 2.45) is 0 Å². The Morgan fingerprint density at radius 2 is 1.76 bits per heavy atom. The zero-order chi connectivity index (χ0) is 21.7. The normalized spacial score (nSPS) is 11.9. The van der Waals surface area contributed by atoms with Crippen LogP contribution in [0.4, 0.5) is 18.9 Å². The molecule has 2 aromatic carbocycles. The van der Waals surface area contributed by atoms with Crippen molar-refractivity contribution >= 4 is 21.6 Å². The highest BCUT2D eigenvalue weighted by Gasteiger charge is 2.33. The molecule has 0 aliphatic rings. The Morgan fingerprint density at radius 1 is 1.10 bits per heavy atom. The quantitative estimate of drug-likeness (QED) is 0.688. The van der Waals surface area contributed by atoms with Crippen LogP contribution in [0.3, 0.4) is 0 Å². The molecule has 0 unspecified atom stereocenters. The number of amides is 1. The topological polar surface area (TPSA) is 66.5 Å². The van der Waals surface area contributed by atoms with E-state index in [4.69, 9.17) is 0 Å². The molecule has 0 saturated carbocycles. The monoisotopic (exact) mass is 428 g/mol. The van der Waals surface area contributed by atoms with E-state index < -0.39 is 26.7 Å². The molecule has 0 saturated heterocycles. The zero-order valence-corrected chi connectivity index (χ0v) is 17.0. The lowest BCUT2D eigenvalue weighted by Crippen LogP contribution is -2.35. The van der Waals surface area contributed by atoms with Gasteiger partial charge in [0.05, 0.1) is 16.1 Å². The van der Waals surface area contributed by atoms with Gasteiger partial charge in [0.25, 0.3) is 10.0 Å². The largest absolute Gasteiger partial charge is 0.416 e. The second-order valence-corrected chi connectivity index (χ2v) is 8.40. The summed E-state index contributed by atoms with van der Waals surface area (Å²) < 4.78 is 66.4. The SMILES string of the molecule is CCCNC(=O)CCN(c1ccc(C)cc1)S(=O)(=O)c1cccc(C(F)(F)F)c1. The van der Waals surface area contributed by atoms with E-state index in [0.717, 1.165) is 34.5 Å². The van der Waals surface area contributed by atoms with Crippen molar-refractivity contribution in [1.29, 1.82) is 0 Å². The minimum Gasteiger partial charge on any atom is -0.356 e. The zero-order valence-electron chi connectivity index (χ0n) is 16.2. The predicted molar refractivity (Wildman–Crippen MR) is 105 cm³/mol. The third kappa shape index (κ3) is 5.96. The fourth-order valence-electron chi connectivity index (χ4n) is 2.62. The first-order chi connectivity index (χ1) is 13.6. The Bertz CT molecular complexity index is 942. The molecule has 2 aromatic rings. The predicted octanol–water partition coefficient (Wildman–Crippen LogP) is 4.13. The minimum absolute atomic E-state index is 0.119. The first-order valence-electron chi connectivity index (χ1n) is 9.09. The van der Waals surface area contributed by atoms with Crippen LogP contribution in [0.15, 0.2) is 53.4 Å². The van der Waals surface area contributed by atoms with E-state index in [1.54, 1.807) is 24.3 Å². The lowest BCUT2D eigenvalue weighted by Gasteiger charge is -2.25. The highest BCUT2D eigenvalue weighted by molar-refractivity contribution is 7.92. The summed E-state index contributed by atoms with van der Waals surface area (Å²) in [7, 11) is -4.31. The molecule has 0 aliphatic carbocycles. The van der Waals surface area contributed by atoms with Crippen molar-refractivity contribution in [3.8, 4) is 0 Å². The Morgan fingerprint density at radius 3 is 2.34 bits per heavy atom. The van der Waals surface area contributed by atoms with Crippen LogP contribution in [0.5, 0.6) is 0 Å². The summed E-state index contributed by atoms with van der Waals surface area (Å²) in [6.07, 6.45) is -4.05. The Balaban J connectivity index is 2.41. The van der Waals surface area contributed by atoms with E-state index in [0.29, 0.717) is 12.6 Å². The summed E-state index contributed by atoms with van der Waals surface area (Å²) in [4.78, 5) is 11.5. The standard InChI is InChI=1S/C20H23F3N2O3S/c1-3-12-24-19(26)11-13-25(17-9-7-15(2)8-10-17)29(27,28)18-6-4-5-16(14-18)20(21,22)23/h4-10,14H,3,11-13H2,1-2H3,(H,24,26). The second kappa shape index (κ2) is 9.30. The number of benzene rings is 2. The maximum Gasteiger partial charge on any atom is 0.416 e. The summed E-state index contributed by atoms with van der Waals surface area (Å²) >= 11 is 0. The highest BCUT2D eigenvalue weighted by Crippen LogP contribution is 2.32. The van der Waals surface area contributed by atoms with Gasteiger partial charge in [0.1, 0.15) is 0 Å². The number of sulfonamides is 1. The van der Waals surface area contributed by atoms with Gasteiger partial charge in [-0.2, -0.15) is 13.2 Å². The number of nitrogens with one attached hydrogen (secondary N) is 1. The molecule has 9 heteroatoms.